The first kappa shape index (κ1) is 25.3. The lowest BCUT2D eigenvalue weighted by Crippen LogP contribution is -2.19. The van der Waals surface area contributed by atoms with Gasteiger partial charge in [-0.2, -0.15) is 0 Å². The molecule has 0 rings (SSSR count). The Labute approximate surface area is 163 Å². The van der Waals surface area contributed by atoms with Crippen molar-refractivity contribution in [3.05, 3.63) is 0 Å². The maximum absolute atomic E-state index is 11.8. The van der Waals surface area contributed by atoms with E-state index in [0.717, 1.165) is 25.7 Å². The summed E-state index contributed by atoms with van der Waals surface area (Å²) in [7, 11) is 0. The number of carbonyl (C=O) groups excluding carboxylic acids is 2. The van der Waals surface area contributed by atoms with Crippen molar-refractivity contribution in [2.75, 3.05) is 0 Å². The molecule has 0 aromatic carbocycles. The zero-order chi connectivity index (χ0) is 20.1. The van der Waals surface area contributed by atoms with Gasteiger partial charge in [0.05, 0.1) is 0 Å². The van der Waals surface area contributed by atoms with Crippen LogP contribution in [0, 0.1) is 10.8 Å². The molecule has 0 bridgehead atoms. The van der Waals surface area contributed by atoms with Crippen molar-refractivity contribution in [1.82, 2.24) is 0 Å². The van der Waals surface area contributed by atoms with Gasteiger partial charge in [-0.3, -0.25) is 9.59 Å². The highest BCUT2D eigenvalue weighted by Crippen LogP contribution is 2.20. The average molecular weight is 367 g/mol. The molecule has 0 aromatic heterocycles. The topological polar surface area (TPSA) is 34.1 Å². The lowest BCUT2D eigenvalue weighted by Gasteiger charge is -2.16. The highest BCUT2D eigenvalue weighted by Gasteiger charge is 2.20. The fraction of sp³-hybridized carbons (Fsp3) is 0.917. The zero-order valence-electron chi connectivity index (χ0n) is 18.7. The molecular formula is C24H46O2. The molecule has 0 radical (unpaired) electrons. The molecule has 0 aromatic rings. The average Bonchev–Trinajstić information content (AvgIpc) is 2.52. The minimum atomic E-state index is -0.165. The van der Waals surface area contributed by atoms with Gasteiger partial charge in [0, 0.05) is 23.7 Å². The Kier molecular flexibility index (Phi) is 13.2. The molecule has 0 spiro atoms. The minimum Gasteiger partial charge on any atom is -0.299 e. The number of rotatable bonds is 15. The standard InChI is InChI=1S/C24H46O2/c1-23(2,3)21(25)19-17-15-13-11-9-7-8-10-12-14-16-18-20-22(26)24(4,5)6/h7-20H2,1-6H3. The number of carbonyl (C=O) groups is 2. The van der Waals surface area contributed by atoms with E-state index in [1.807, 2.05) is 41.5 Å². The molecule has 0 unspecified atom stereocenters. The van der Waals surface area contributed by atoms with Gasteiger partial charge >= 0.3 is 0 Å². The molecule has 0 saturated carbocycles. The van der Waals surface area contributed by atoms with E-state index in [-0.39, 0.29) is 10.8 Å². The minimum absolute atomic E-state index is 0.165. The van der Waals surface area contributed by atoms with Crippen molar-refractivity contribution in [2.45, 2.75) is 131 Å². The van der Waals surface area contributed by atoms with Gasteiger partial charge in [-0.05, 0) is 12.8 Å². The summed E-state index contributed by atoms with van der Waals surface area (Å²) in [5.74, 6) is 0.806. The Hall–Kier alpha value is -0.660. The lowest BCUT2D eigenvalue weighted by molar-refractivity contribution is -0.127. The van der Waals surface area contributed by atoms with Crippen LogP contribution in [0.4, 0.5) is 0 Å². The van der Waals surface area contributed by atoms with Crippen molar-refractivity contribution in [1.29, 1.82) is 0 Å². The molecule has 0 aliphatic carbocycles. The smallest absolute Gasteiger partial charge is 0.138 e. The quantitative estimate of drug-likeness (QED) is 0.278. The number of hydrogen-bond donors (Lipinski definition) is 0. The number of unbranched alkanes of at least 4 members (excludes halogenated alkanes) is 11. The normalized spacial score (nSPS) is 12.4. The van der Waals surface area contributed by atoms with E-state index in [1.54, 1.807) is 0 Å². The molecule has 0 heterocycles. The zero-order valence-corrected chi connectivity index (χ0v) is 18.7. The van der Waals surface area contributed by atoms with Crippen LogP contribution >= 0.6 is 0 Å². The third-order valence-electron chi connectivity index (χ3n) is 5.23. The highest BCUT2D eigenvalue weighted by molar-refractivity contribution is 5.83. The van der Waals surface area contributed by atoms with E-state index >= 15 is 0 Å². The monoisotopic (exact) mass is 366 g/mol. The summed E-state index contributed by atoms with van der Waals surface area (Å²) in [5, 5.41) is 0. The van der Waals surface area contributed by atoms with Gasteiger partial charge in [-0.25, -0.2) is 0 Å². The van der Waals surface area contributed by atoms with Crippen LogP contribution in [0.3, 0.4) is 0 Å². The summed E-state index contributed by atoms with van der Waals surface area (Å²) in [4.78, 5) is 23.7. The van der Waals surface area contributed by atoms with E-state index < -0.39 is 0 Å². The largest absolute Gasteiger partial charge is 0.299 e. The molecule has 0 amide bonds. The summed E-state index contributed by atoms with van der Waals surface area (Å²) >= 11 is 0. The molecule has 0 aliphatic heterocycles. The maximum Gasteiger partial charge on any atom is 0.138 e. The van der Waals surface area contributed by atoms with Gasteiger partial charge in [0.25, 0.3) is 0 Å². The number of ketones is 2. The first-order chi connectivity index (χ1) is 12.0. The Balaban J connectivity index is 3.28. The van der Waals surface area contributed by atoms with Gasteiger partial charge in [0.1, 0.15) is 11.6 Å². The van der Waals surface area contributed by atoms with E-state index in [1.165, 1.54) is 64.2 Å². The molecule has 2 heteroatoms. The third kappa shape index (κ3) is 14.5. The first-order valence-corrected chi connectivity index (χ1v) is 11.1. The van der Waals surface area contributed by atoms with Crippen molar-refractivity contribution in [3.63, 3.8) is 0 Å². The molecular weight excluding hydrogens is 320 g/mol. The third-order valence-corrected chi connectivity index (χ3v) is 5.23. The summed E-state index contributed by atoms with van der Waals surface area (Å²) in [6.07, 6.45) is 16.6. The van der Waals surface area contributed by atoms with Crippen molar-refractivity contribution in [3.8, 4) is 0 Å². The van der Waals surface area contributed by atoms with Crippen molar-refractivity contribution in [2.24, 2.45) is 10.8 Å². The second-order valence-corrected chi connectivity index (χ2v) is 10.1. The summed E-state index contributed by atoms with van der Waals surface area (Å²) in [5.41, 5.74) is -0.329. The van der Waals surface area contributed by atoms with Crippen LogP contribution < -0.4 is 0 Å². The van der Waals surface area contributed by atoms with Crippen LogP contribution in [0.1, 0.15) is 131 Å². The van der Waals surface area contributed by atoms with Crippen LogP contribution in [0.15, 0.2) is 0 Å². The molecule has 0 saturated heterocycles. The van der Waals surface area contributed by atoms with Gasteiger partial charge in [-0.1, -0.05) is 106 Å². The summed E-state index contributed by atoms with van der Waals surface area (Å²) in [6.45, 7) is 12.1. The predicted octanol–water partition coefficient (Wildman–Crippen LogP) is 7.68. The lowest BCUT2D eigenvalue weighted by atomic mass is 9.87. The fourth-order valence-electron chi connectivity index (χ4n) is 3.09. The Morgan fingerprint density at radius 3 is 0.808 bits per heavy atom. The van der Waals surface area contributed by atoms with Crippen molar-refractivity contribution < 1.29 is 9.59 Å². The summed E-state index contributed by atoms with van der Waals surface area (Å²) in [6, 6.07) is 0. The molecule has 0 N–H and O–H groups in total. The predicted molar refractivity (Wildman–Crippen MR) is 114 cm³/mol. The second kappa shape index (κ2) is 13.5. The first-order valence-electron chi connectivity index (χ1n) is 11.1. The molecule has 2 nitrogen and oxygen atoms in total. The Morgan fingerprint density at radius 2 is 0.615 bits per heavy atom. The second-order valence-electron chi connectivity index (χ2n) is 10.1. The van der Waals surface area contributed by atoms with Crippen LogP contribution in [-0.2, 0) is 9.59 Å². The maximum atomic E-state index is 11.8. The number of Topliss-reactive ketones (excluding diaryl/α,β-unsaturated/α-hetero) is 2. The summed E-state index contributed by atoms with van der Waals surface area (Å²) < 4.78 is 0. The fourth-order valence-corrected chi connectivity index (χ4v) is 3.09. The van der Waals surface area contributed by atoms with E-state index in [9.17, 15) is 9.59 Å². The molecule has 0 atom stereocenters. The van der Waals surface area contributed by atoms with Gasteiger partial charge in [0.2, 0.25) is 0 Å². The highest BCUT2D eigenvalue weighted by atomic mass is 16.1. The van der Waals surface area contributed by atoms with E-state index in [4.69, 9.17) is 0 Å². The van der Waals surface area contributed by atoms with Crippen LogP contribution in [0.2, 0.25) is 0 Å². The van der Waals surface area contributed by atoms with Crippen LogP contribution in [0.25, 0.3) is 0 Å². The van der Waals surface area contributed by atoms with Crippen molar-refractivity contribution >= 4 is 11.6 Å². The molecule has 154 valence electrons. The van der Waals surface area contributed by atoms with Gasteiger partial charge in [-0.15, -0.1) is 0 Å². The van der Waals surface area contributed by atoms with Crippen LogP contribution in [0.5, 0.6) is 0 Å². The van der Waals surface area contributed by atoms with Crippen LogP contribution in [-0.4, -0.2) is 11.6 Å². The SMILES string of the molecule is CC(C)(C)C(=O)CCCCCCCCCCCCCCC(=O)C(C)(C)C. The molecule has 0 aliphatic rings. The Bertz CT molecular complexity index is 344. The van der Waals surface area contributed by atoms with Gasteiger partial charge in [0.15, 0.2) is 0 Å². The Morgan fingerprint density at radius 1 is 0.423 bits per heavy atom. The molecule has 0 fully saturated rings. The van der Waals surface area contributed by atoms with E-state index in [0.29, 0.717) is 11.6 Å². The van der Waals surface area contributed by atoms with Gasteiger partial charge < -0.3 is 0 Å². The molecule has 26 heavy (non-hydrogen) atoms. The number of hydrogen-bond acceptors (Lipinski definition) is 2. The van der Waals surface area contributed by atoms with E-state index in [2.05, 4.69) is 0 Å².